The van der Waals surface area contributed by atoms with Gasteiger partial charge in [0, 0.05) is 5.02 Å². The van der Waals surface area contributed by atoms with Crippen LogP contribution in [0.4, 0.5) is 4.39 Å². The Kier molecular flexibility index (Phi) is 5.49. The minimum Gasteiger partial charge on any atom is -0.481 e. The Balaban J connectivity index is 1.88. The van der Waals surface area contributed by atoms with Crippen LogP contribution in [0.2, 0.25) is 5.02 Å². The summed E-state index contributed by atoms with van der Waals surface area (Å²) in [4.78, 5) is 11.6. The van der Waals surface area contributed by atoms with Gasteiger partial charge in [-0.05, 0) is 36.8 Å². The second-order valence-corrected chi connectivity index (χ2v) is 4.89. The van der Waals surface area contributed by atoms with E-state index in [0.29, 0.717) is 10.7 Å². The van der Waals surface area contributed by atoms with Gasteiger partial charge >= 0.3 is 0 Å². The van der Waals surface area contributed by atoms with Gasteiger partial charge in [-0.1, -0.05) is 35.9 Å². The maximum atomic E-state index is 13.3. The molecule has 6 heteroatoms. The van der Waals surface area contributed by atoms with Gasteiger partial charge in [0.05, 0.1) is 5.71 Å². The van der Waals surface area contributed by atoms with E-state index in [1.807, 2.05) is 0 Å². The maximum absolute atomic E-state index is 13.3. The zero-order valence-electron chi connectivity index (χ0n) is 11.8. The minimum absolute atomic E-state index is 0.0241. The number of ether oxygens (including phenoxy) is 1. The van der Waals surface area contributed by atoms with Crippen LogP contribution in [0.3, 0.4) is 0 Å². The molecule has 2 aromatic carbocycles. The molecule has 0 aromatic heterocycles. The average Bonchev–Trinajstić information content (AvgIpc) is 2.52. The molecule has 0 unspecified atom stereocenters. The van der Waals surface area contributed by atoms with Crippen molar-refractivity contribution in [1.29, 1.82) is 0 Å². The predicted octanol–water partition coefficient (Wildman–Crippen LogP) is 3.40. The van der Waals surface area contributed by atoms with Crippen molar-refractivity contribution in [3.05, 3.63) is 64.9 Å². The predicted molar refractivity (Wildman–Crippen MR) is 83.7 cm³/mol. The number of nitrogens with zero attached hydrogens (tertiary/aromatic N) is 1. The fourth-order valence-corrected chi connectivity index (χ4v) is 1.77. The molecule has 0 radical (unpaired) electrons. The average molecular weight is 321 g/mol. The smallest absolute Gasteiger partial charge is 0.277 e. The molecule has 0 aliphatic rings. The maximum Gasteiger partial charge on any atom is 0.277 e. The van der Waals surface area contributed by atoms with Gasteiger partial charge < -0.3 is 4.74 Å². The third kappa shape index (κ3) is 4.56. The van der Waals surface area contributed by atoms with Crippen molar-refractivity contribution in [3.63, 3.8) is 0 Å². The number of hydrazone groups is 1. The summed E-state index contributed by atoms with van der Waals surface area (Å²) in [6, 6.07) is 12.9. The highest BCUT2D eigenvalue weighted by Crippen LogP contribution is 2.15. The number of carbonyl (C=O) groups is 1. The molecule has 22 heavy (non-hydrogen) atoms. The number of halogens is 2. The van der Waals surface area contributed by atoms with Crippen molar-refractivity contribution in [1.82, 2.24) is 5.43 Å². The first-order chi connectivity index (χ1) is 10.6. The Labute approximate surface area is 132 Å². The summed E-state index contributed by atoms with van der Waals surface area (Å²) in [5, 5.41) is 4.58. The zero-order chi connectivity index (χ0) is 15.9. The lowest BCUT2D eigenvalue weighted by atomic mass is 10.1. The molecule has 1 amide bonds. The first kappa shape index (κ1) is 16.0. The Hall–Kier alpha value is -2.40. The number of para-hydroxylation sites is 1. The van der Waals surface area contributed by atoms with Crippen LogP contribution < -0.4 is 10.2 Å². The van der Waals surface area contributed by atoms with Crippen molar-refractivity contribution in [2.24, 2.45) is 5.10 Å². The quantitative estimate of drug-likeness (QED) is 0.678. The molecule has 0 spiro atoms. The summed E-state index contributed by atoms with van der Waals surface area (Å²) < 4.78 is 18.4. The molecule has 0 aliphatic carbocycles. The van der Waals surface area contributed by atoms with Crippen molar-refractivity contribution in [3.8, 4) is 5.75 Å². The van der Waals surface area contributed by atoms with Crippen LogP contribution >= 0.6 is 11.6 Å². The second kappa shape index (κ2) is 7.56. The van der Waals surface area contributed by atoms with Gasteiger partial charge in [-0.2, -0.15) is 5.10 Å². The highest BCUT2D eigenvalue weighted by Gasteiger charge is 2.06. The summed E-state index contributed by atoms with van der Waals surface area (Å²) >= 11 is 5.80. The van der Waals surface area contributed by atoms with E-state index in [4.69, 9.17) is 16.3 Å². The number of benzene rings is 2. The van der Waals surface area contributed by atoms with E-state index in [2.05, 4.69) is 10.5 Å². The third-order valence-corrected chi connectivity index (χ3v) is 3.06. The van der Waals surface area contributed by atoms with Gasteiger partial charge in [0.25, 0.3) is 5.91 Å². The van der Waals surface area contributed by atoms with Crippen LogP contribution in [0.15, 0.2) is 53.6 Å². The SMILES string of the molecule is C/C(=N\NC(=O)COc1ccccc1F)c1ccc(Cl)cc1. The van der Waals surface area contributed by atoms with E-state index in [1.165, 1.54) is 12.1 Å². The molecular weight excluding hydrogens is 307 g/mol. The monoisotopic (exact) mass is 320 g/mol. The first-order valence-electron chi connectivity index (χ1n) is 6.52. The van der Waals surface area contributed by atoms with Crippen LogP contribution in [0, 0.1) is 5.82 Å². The minimum atomic E-state index is -0.517. The van der Waals surface area contributed by atoms with E-state index in [9.17, 15) is 9.18 Å². The van der Waals surface area contributed by atoms with Gasteiger partial charge in [-0.25, -0.2) is 9.82 Å². The van der Waals surface area contributed by atoms with Crippen LogP contribution in [0.25, 0.3) is 0 Å². The molecule has 0 atom stereocenters. The van der Waals surface area contributed by atoms with Gasteiger partial charge in [0.15, 0.2) is 18.2 Å². The first-order valence-corrected chi connectivity index (χ1v) is 6.90. The molecule has 4 nitrogen and oxygen atoms in total. The second-order valence-electron chi connectivity index (χ2n) is 4.46. The molecular formula is C16H14ClFN2O2. The summed E-state index contributed by atoms with van der Waals surface area (Å²) in [5.41, 5.74) is 3.81. The third-order valence-electron chi connectivity index (χ3n) is 2.81. The molecule has 1 N–H and O–H groups in total. The van der Waals surface area contributed by atoms with Crippen LogP contribution in [-0.2, 0) is 4.79 Å². The van der Waals surface area contributed by atoms with E-state index in [-0.39, 0.29) is 12.4 Å². The summed E-state index contributed by atoms with van der Waals surface area (Å²) in [7, 11) is 0. The van der Waals surface area contributed by atoms with Crippen molar-refractivity contribution < 1.29 is 13.9 Å². The summed E-state index contributed by atoms with van der Waals surface area (Å²) in [6.07, 6.45) is 0. The Morgan fingerprint density at radius 2 is 1.91 bits per heavy atom. The molecule has 0 bridgehead atoms. The fraction of sp³-hybridized carbons (Fsp3) is 0.125. The van der Waals surface area contributed by atoms with Crippen LogP contribution in [0.1, 0.15) is 12.5 Å². The molecule has 0 fully saturated rings. The number of hydrogen-bond acceptors (Lipinski definition) is 3. The summed E-state index contributed by atoms with van der Waals surface area (Å²) in [5.74, 6) is -0.969. The molecule has 2 rings (SSSR count). The Morgan fingerprint density at radius 1 is 1.23 bits per heavy atom. The highest BCUT2D eigenvalue weighted by atomic mass is 35.5. The van der Waals surface area contributed by atoms with Gasteiger partial charge in [-0.3, -0.25) is 4.79 Å². The van der Waals surface area contributed by atoms with Crippen molar-refractivity contribution in [2.75, 3.05) is 6.61 Å². The molecule has 0 heterocycles. The van der Waals surface area contributed by atoms with E-state index in [1.54, 1.807) is 43.3 Å². The number of rotatable bonds is 5. The van der Waals surface area contributed by atoms with Crippen LogP contribution in [-0.4, -0.2) is 18.2 Å². The standard InChI is InChI=1S/C16H14ClFN2O2/c1-11(12-6-8-13(17)9-7-12)19-20-16(21)10-22-15-5-3-2-4-14(15)18/h2-9H,10H2,1H3,(H,20,21)/b19-11+. The fourth-order valence-electron chi connectivity index (χ4n) is 1.64. The molecule has 114 valence electrons. The Bertz CT molecular complexity index is 687. The number of hydrogen-bond donors (Lipinski definition) is 1. The Morgan fingerprint density at radius 3 is 2.59 bits per heavy atom. The van der Waals surface area contributed by atoms with Gasteiger partial charge in [0.1, 0.15) is 0 Å². The lowest BCUT2D eigenvalue weighted by Gasteiger charge is -2.06. The summed E-state index contributed by atoms with van der Waals surface area (Å²) in [6.45, 7) is 1.43. The molecule has 0 aliphatic heterocycles. The number of amides is 1. The van der Waals surface area contributed by atoms with Gasteiger partial charge in [-0.15, -0.1) is 0 Å². The van der Waals surface area contributed by atoms with Crippen LogP contribution in [0.5, 0.6) is 5.75 Å². The topological polar surface area (TPSA) is 50.7 Å². The number of nitrogens with one attached hydrogen (secondary N) is 1. The number of carbonyl (C=O) groups excluding carboxylic acids is 1. The lowest BCUT2D eigenvalue weighted by molar-refractivity contribution is -0.123. The van der Waals surface area contributed by atoms with Crippen molar-refractivity contribution >= 4 is 23.2 Å². The molecule has 0 saturated heterocycles. The van der Waals surface area contributed by atoms with Crippen molar-refractivity contribution in [2.45, 2.75) is 6.92 Å². The largest absolute Gasteiger partial charge is 0.481 e. The molecule has 0 saturated carbocycles. The molecule has 2 aromatic rings. The van der Waals surface area contributed by atoms with E-state index >= 15 is 0 Å². The highest BCUT2D eigenvalue weighted by molar-refractivity contribution is 6.30. The van der Waals surface area contributed by atoms with E-state index < -0.39 is 11.7 Å². The lowest BCUT2D eigenvalue weighted by Crippen LogP contribution is -2.25. The normalized spacial score (nSPS) is 11.1. The van der Waals surface area contributed by atoms with E-state index in [0.717, 1.165) is 5.56 Å². The van der Waals surface area contributed by atoms with Gasteiger partial charge in [0.2, 0.25) is 0 Å². The zero-order valence-corrected chi connectivity index (χ0v) is 12.6.